The summed E-state index contributed by atoms with van der Waals surface area (Å²) in [4.78, 5) is 0. The molecular formula is C24H37N3Pt. The second-order valence-corrected chi connectivity index (χ2v) is 9.56. The van der Waals surface area contributed by atoms with Crippen LogP contribution in [0.1, 0.15) is 69.8 Å². The van der Waals surface area contributed by atoms with Gasteiger partial charge < -0.3 is 5.73 Å². The molecule has 158 valence electrons. The standard InChI is InChI=1S/C17H28N2.C7H9N.Pt/c1-3-7-16(8-4-1)13-18-11-12-19(15-18)14-17-9-5-2-6-10-17;8-6-7-4-2-1-3-5-7;/h11-12,16-17H,1-10,13-14H2;1-5H,6,8H2;. The van der Waals surface area contributed by atoms with E-state index in [1.165, 1.54) is 86.7 Å². The van der Waals surface area contributed by atoms with Gasteiger partial charge in [-0.1, -0.05) is 30.3 Å². The summed E-state index contributed by atoms with van der Waals surface area (Å²) in [7, 11) is 0. The Balaban J connectivity index is 0.000000236. The van der Waals surface area contributed by atoms with E-state index < -0.39 is 0 Å². The molecule has 0 bridgehead atoms. The zero-order valence-electron chi connectivity index (χ0n) is 17.2. The Kier molecular flexibility index (Phi) is 9.28. The van der Waals surface area contributed by atoms with E-state index in [0.717, 1.165) is 11.8 Å². The Morgan fingerprint density at radius 2 is 1.21 bits per heavy atom. The molecule has 2 saturated carbocycles. The van der Waals surface area contributed by atoms with Gasteiger partial charge in [0.05, 0.1) is 0 Å². The average molecular weight is 563 g/mol. The van der Waals surface area contributed by atoms with Gasteiger partial charge in [-0.2, -0.15) is 0 Å². The molecule has 2 aliphatic rings. The first-order chi connectivity index (χ1) is 13.8. The SMILES string of the molecule is NCc1ccccc1.[Pt]=[c]1n(CC2CCCCC2)ccn1CC1CCCCC1. The van der Waals surface area contributed by atoms with E-state index >= 15 is 0 Å². The van der Waals surface area contributed by atoms with Crippen LogP contribution in [0.4, 0.5) is 0 Å². The van der Waals surface area contributed by atoms with Crippen LogP contribution in [-0.4, -0.2) is 9.13 Å². The van der Waals surface area contributed by atoms with E-state index in [-0.39, 0.29) is 0 Å². The number of benzene rings is 1. The van der Waals surface area contributed by atoms with Crippen molar-refractivity contribution in [2.75, 3.05) is 0 Å². The van der Waals surface area contributed by atoms with Gasteiger partial charge in [0.15, 0.2) is 0 Å². The van der Waals surface area contributed by atoms with E-state index in [1.54, 1.807) is 0 Å². The van der Waals surface area contributed by atoms with Crippen molar-refractivity contribution in [2.24, 2.45) is 17.6 Å². The summed E-state index contributed by atoms with van der Waals surface area (Å²) in [6.07, 6.45) is 19.1. The van der Waals surface area contributed by atoms with Crippen molar-refractivity contribution in [1.29, 1.82) is 0 Å². The molecule has 28 heavy (non-hydrogen) atoms. The first-order valence-corrected chi connectivity index (χ1v) is 12.3. The van der Waals surface area contributed by atoms with Crippen LogP contribution in [-0.2, 0) is 39.0 Å². The van der Waals surface area contributed by atoms with Gasteiger partial charge >= 0.3 is 134 Å². The molecule has 0 amide bonds. The topological polar surface area (TPSA) is 35.9 Å². The summed E-state index contributed by atoms with van der Waals surface area (Å²) < 4.78 is 6.45. The number of hydrogen-bond acceptors (Lipinski definition) is 1. The normalized spacial score (nSPS) is 18.5. The summed E-state index contributed by atoms with van der Waals surface area (Å²) in [6, 6.07) is 9.99. The van der Waals surface area contributed by atoms with Gasteiger partial charge in [0.2, 0.25) is 0 Å². The monoisotopic (exact) mass is 562 g/mol. The second kappa shape index (κ2) is 11.9. The summed E-state index contributed by atoms with van der Waals surface area (Å²) >= 11 is 2.54. The Labute approximate surface area is 181 Å². The third-order valence-corrected chi connectivity index (χ3v) is 7.61. The molecule has 0 saturated heterocycles. The Bertz CT molecular complexity index is 681. The van der Waals surface area contributed by atoms with Crippen LogP contribution in [0.2, 0.25) is 0 Å². The van der Waals surface area contributed by atoms with Gasteiger partial charge in [0.25, 0.3) is 0 Å². The van der Waals surface area contributed by atoms with Crippen LogP contribution in [0.5, 0.6) is 0 Å². The minimum absolute atomic E-state index is 0.640. The first-order valence-electron chi connectivity index (χ1n) is 11.2. The minimum atomic E-state index is 0.640. The van der Waals surface area contributed by atoms with Crippen LogP contribution >= 0.6 is 0 Å². The van der Waals surface area contributed by atoms with E-state index in [1.807, 2.05) is 30.3 Å². The molecular weight excluding hydrogens is 525 g/mol. The molecule has 4 heteroatoms. The van der Waals surface area contributed by atoms with Crippen molar-refractivity contribution in [3.8, 4) is 0 Å². The zero-order chi connectivity index (χ0) is 19.6. The van der Waals surface area contributed by atoms with Gasteiger partial charge in [-0.3, -0.25) is 0 Å². The maximum atomic E-state index is 5.35. The summed E-state index contributed by atoms with van der Waals surface area (Å²) in [6.45, 7) is 3.13. The molecule has 2 aromatic rings. The maximum absolute atomic E-state index is 5.35. The van der Waals surface area contributed by atoms with Crippen LogP contribution in [0.3, 0.4) is 0 Å². The molecule has 3 nitrogen and oxygen atoms in total. The number of rotatable bonds is 5. The second-order valence-electron chi connectivity index (χ2n) is 8.54. The van der Waals surface area contributed by atoms with Crippen LogP contribution < -0.4 is 5.73 Å². The van der Waals surface area contributed by atoms with E-state index in [4.69, 9.17) is 5.73 Å². The Hall–Kier alpha value is -0.922. The van der Waals surface area contributed by atoms with Crippen molar-refractivity contribution in [3.05, 3.63) is 52.1 Å². The molecule has 4 rings (SSSR count). The van der Waals surface area contributed by atoms with Gasteiger partial charge in [0.1, 0.15) is 0 Å². The molecule has 2 fully saturated rings. The Morgan fingerprint density at radius 3 is 1.61 bits per heavy atom. The fraction of sp³-hybridized carbons (Fsp3) is 0.625. The van der Waals surface area contributed by atoms with Crippen molar-refractivity contribution in [3.63, 3.8) is 0 Å². The van der Waals surface area contributed by atoms with Crippen LogP contribution in [0, 0.1) is 15.6 Å². The van der Waals surface area contributed by atoms with Crippen molar-refractivity contribution in [1.82, 2.24) is 9.13 Å². The average Bonchev–Trinajstić information content (AvgIpc) is 3.10. The number of hydrogen-bond donors (Lipinski definition) is 1. The zero-order valence-corrected chi connectivity index (χ0v) is 19.4. The third-order valence-electron chi connectivity index (χ3n) is 6.30. The molecule has 0 spiro atoms. The summed E-state index contributed by atoms with van der Waals surface area (Å²) in [5, 5.41) is 0. The van der Waals surface area contributed by atoms with Gasteiger partial charge in [0, 0.05) is 6.54 Å². The molecule has 2 N–H and O–H groups in total. The van der Waals surface area contributed by atoms with Gasteiger partial charge in [-0.05, 0) is 5.56 Å². The molecule has 0 radical (unpaired) electrons. The van der Waals surface area contributed by atoms with Crippen LogP contribution in [0.25, 0.3) is 0 Å². The van der Waals surface area contributed by atoms with E-state index in [0.29, 0.717) is 6.54 Å². The fourth-order valence-corrected chi connectivity index (χ4v) is 5.36. The molecule has 0 atom stereocenters. The summed E-state index contributed by atoms with van der Waals surface area (Å²) in [5.41, 5.74) is 6.54. The number of aromatic nitrogens is 2. The third kappa shape index (κ3) is 6.85. The number of nitrogens with two attached hydrogens (primary N) is 1. The Morgan fingerprint density at radius 1 is 0.750 bits per heavy atom. The first kappa shape index (κ1) is 21.8. The predicted octanol–water partition coefficient (Wildman–Crippen LogP) is 5.67. The molecule has 1 aromatic heterocycles. The molecule has 0 aliphatic heterocycles. The fourth-order valence-electron chi connectivity index (χ4n) is 4.61. The van der Waals surface area contributed by atoms with Gasteiger partial charge in [-0.25, -0.2) is 0 Å². The number of nitrogens with zero attached hydrogens (tertiary/aromatic N) is 2. The van der Waals surface area contributed by atoms with Gasteiger partial charge in [-0.15, -0.1) is 0 Å². The summed E-state index contributed by atoms with van der Waals surface area (Å²) in [5.74, 6) is 1.85. The van der Waals surface area contributed by atoms with Crippen LogP contribution in [0.15, 0.2) is 42.7 Å². The van der Waals surface area contributed by atoms with Crippen molar-refractivity contribution in [2.45, 2.75) is 83.8 Å². The molecule has 1 aromatic carbocycles. The molecule has 0 unspecified atom stereocenters. The van der Waals surface area contributed by atoms with E-state index in [9.17, 15) is 0 Å². The predicted molar refractivity (Wildman–Crippen MR) is 113 cm³/mol. The quantitative estimate of drug-likeness (QED) is 0.501. The van der Waals surface area contributed by atoms with Crippen molar-refractivity contribution < 1.29 is 19.4 Å². The molecule has 1 heterocycles. The number of imidazole rings is 1. The van der Waals surface area contributed by atoms with Crippen molar-refractivity contribution >= 4 is 0 Å². The molecule has 2 aliphatic carbocycles. The van der Waals surface area contributed by atoms with E-state index in [2.05, 4.69) is 40.9 Å².